The van der Waals surface area contributed by atoms with E-state index in [1.54, 1.807) is 12.1 Å². The molecule has 11 nitrogen and oxygen atoms in total. The molecule has 0 bridgehead atoms. The number of fused-ring (bicyclic) bond motifs is 1. The summed E-state index contributed by atoms with van der Waals surface area (Å²) in [4.78, 5) is 32.1. The van der Waals surface area contributed by atoms with Crippen molar-refractivity contribution in [3.8, 4) is 22.6 Å². The lowest BCUT2D eigenvalue weighted by Crippen LogP contribution is -2.39. The van der Waals surface area contributed by atoms with Crippen LogP contribution >= 0.6 is 0 Å². The third kappa shape index (κ3) is 11.2. The number of ether oxygens (including phenoxy) is 2. The van der Waals surface area contributed by atoms with Crippen molar-refractivity contribution in [2.75, 3.05) is 64.3 Å². The number of carbonyl (C=O) groups excluding carboxylic acids is 1. The van der Waals surface area contributed by atoms with E-state index in [0.29, 0.717) is 35.5 Å². The first-order valence-corrected chi connectivity index (χ1v) is 20.4. The number of hydrogen-bond donors (Lipinski definition) is 5. The number of phenols is 1. The molecule has 4 aromatic carbocycles. The van der Waals surface area contributed by atoms with Crippen LogP contribution in [-0.4, -0.2) is 96.2 Å². The summed E-state index contributed by atoms with van der Waals surface area (Å²) in [5, 5.41) is 28.0. The van der Waals surface area contributed by atoms with Gasteiger partial charge in [-0.3, -0.25) is 10.1 Å². The predicted molar refractivity (Wildman–Crippen MR) is 225 cm³/mol. The molecule has 2 aliphatic rings. The molecule has 7 rings (SSSR count). The number of H-pyrrole nitrogens is 1. The van der Waals surface area contributed by atoms with Crippen molar-refractivity contribution in [3.05, 3.63) is 125 Å². The number of amides is 1. The highest BCUT2D eigenvalue weighted by Crippen LogP contribution is 2.30. The summed E-state index contributed by atoms with van der Waals surface area (Å²) in [5.74, 6) is 1.46. The summed E-state index contributed by atoms with van der Waals surface area (Å²) in [6.07, 6.45) is 4.59. The fourth-order valence-electron chi connectivity index (χ4n) is 8.02. The highest BCUT2D eigenvalue weighted by molar-refractivity contribution is 5.91. The number of pyridine rings is 1. The van der Waals surface area contributed by atoms with Crippen LogP contribution in [0.4, 0.5) is 10.5 Å². The van der Waals surface area contributed by atoms with Gasteiger partial charge in [0.2, 0.25) is 5.56 Å². The minimum absolute atomic E-state index is 0.00470. The summed E-state index contributed by atoms with van der Waals surface area (Å²) >= 11 is 0. The minimum Gasteiger partial charge on any atom is -0.506 e. The van der Waals surface area contributed by atoms with Gasteiger partial charge >= 0.3 is 6.09 Å². The normalized spacial score (nSPS) is 16.4. The van der Waals surface area contributed by atoms with E-state index in [4.69, 9.17) is 9.47 Å². The minimum atomic E-state index is -0.746. The average molecular weight is 774 g/mol. The Kier molecular flexibility index (Phi) is 13.9. The Hall–Kier alpha value is -5.20. The molecule has 5 N–H and O–H groups in total. The Morgan fingerprint density at radius 2 is 1.54 bits per heavy atom. The van der Waals surface area contributed by atoms with Crippen LogP contribution in [0.2, 0.25) is 0 Å². The van der Waals surface area contributed by atoms with Gasteiger partial charge in [0.15, 0.2) is 0 Å². The number of aliphatic hydroxyl groups excluding tert-OH is 1. The molecule has 2 fully saturated rings. The van der Waals surface area contributed by atoms with Crippen molar-refractivity contribution in [2.45, 2.75) is 50.7 Å². The molecule has 0 spiro atoms. The summed E-state index contributed by atoms with van der Waals surface area (Å²) in [5.41, 5.74) is 4.82. The number of piperidine rings is 2. The number of rotatable bonds is 16. The van der Waals surface area contributed by atoms with Gasteiger partial charge in [-0.2, -0.15) is 0 Å². The quantitative estimate of drug-likeness (QED) is 0.0674. The molecule has 2 aliphatic heterocycles. The van der Waals surface area contributed by atoms with Crippen molar-refractivity contribution < 1.29 is 24.5 Å². The van der Waals surface area contributed by atoms with Gasteiger partial charge in [0.25, 0.3) is 0 Å². The summed E-state index contributed by atoms with van der Waals surface area (Å²) in [6, 6.07) is 32.6. The standard InChI is InChI=1S/C46H55N5O6/c52-42-17-15-39(40-16-18-44(54)49-45(40)42)43(53)32-47-31-34-20-26-51(27-21-34)25-19-33-11-13-36(14-12-33)56-30-6-24-50-28-22-37(23-29-50)57-46(55)48-41-10-5-4-9-38(41)35-7-2-1-3-8-35/h1-5,7-18,34,37,43,47,52-53H,6,19-32H2,(H,48,55)(H,49,54). The number of aromatic hydroxyl groups is 1. The number of nitrogens with one attached hydrogen (secondary N) is 3. The molecule has 1 atom stereocenters. The molecule has 3 heterocycles. The second-order valence-electron chi connectivity index (χ2n) is 15.3. The van der Waals surface area contributed by atoms with Gasteiger partial charge in [0.05, 0.1) is 23.9 Å². The molecule has 11 heteroatoms. The number of likely N-dealkylation sites (tertiary alicyclic amines) is 2. The first-order valence-electron chi connectivity index (χ1n) is 20.4. The lowest BCUT2D eigenvalue weighted by atomic mass is 9.96. The molecule has 0 aliphatic carbocycles. The SMILES string of the molecule is O=C(Nc1ccccc1-c1ccccc1)OC1CCN(CCCOc2ccc(CCN3CCC(CNCC(O)c4ccc(O)c5[nH]c(=O)ccc45)CC3)cc2)CC1. The van der Waals surface area contributed by atoms with Gasteiger partial charge in [0.1, 0.15) is 17.6 Å². The number of anilines is 1. The molecule has 0 saturated carbocycles. The van der Waals surface area contributed by atoms with Crippen LogP contribution in [0.15, 0.2) is 108 Å². The van der Waals surface area contributed by atoms with E-state index in [0.717, 1.165) is 107 Å². The zero-order valence-electron chi connectivity index (χ0n) is 32.6. The van der Waals surface area contributed by atoms with Crippen LogP contribution in [0.25, 0.3) is 22.0 Å². The number of phenolic OH excluding ortho intramolecular Hbond substituents is 1. The lowest BCUT2D eigenvalue weighted by molar-refractivity contribution is 0.0575. The van der Waals surface area contributed by atoms with Gasteiger partial charge < -0.3 is 39.8 Å². The zero-order valence-corrected chi connectivity index (χ0v) is 32.6. The summed E-state index contributed by atoms with van der Waals surface area (Å²) in [7, 11) is 0. The maximum Gasteiger partial charge on any atom is 0.411 e. The number of aromatic amines is 1. The van der Waals surface area contributed by atoms with E-state index in [1.807, 2.05) is 54.6 Å². The highest BCUT2D eigenvalue weighted by Gasteiger charge is 2.23. The number of nitrogens with zero attached hydrogens (tertiary/aromatic N) is 2. The summed E-state index contributed by atoms with van der Waals surface area (Å²) < 4.78 is 11.9. The highest BCUT2D eigenvalue weighted by atomic mass is 16.6. The molecule has 57 heavy (non-hydrogen) atoms. The van der Waals surface area contributed by atoms with E-state index >= 15 is 0 Å². The van der Waals surface area contributed by atoms with Crippen molar-refractivity contribution in [1.29, 1.82) is 0 Å². The Labute approximate surface area is 334 Å². The van der Waals surface area contributed by atoms with Crippen molar-refractivity contribution in [3.63, 3.8) is 0 Å². The fraction of sp³-hybridized carbons (Fsp3) is 0.391. The number of carbonyl (C=O) groups is 1. The van der Waals surface area contributed by atoms with Gasteiger partial charge in [-0.1, -0.05) is 66.7 Å². The second-order valence-corrected chi connectivity index (χ2v) is 15.3. The van der Waals surface area contributed by atoms with Crippen LogP contribution in [0.5, 0.6) is 11.5 Å². The largest absolute Gasteiger partial charge is 0.506 e. The Morgan fingerprint density at radius 3 is 2.33 bits per heavy atom. The molecule has 1 aromatic heterocycles. The molecule has 1 unspecified atom stereocenters. The predicted octanol–water partition coefficient (Wildman–Crippen LogP) is 6.96. The van der Waals surface area contributed by atoms with Crippen LogP contribution in [-0.2, 0) is 11.2 Å². The topological polar surface area (TPSA) is 139 Å². The molecule has 0 radical (unpaired) electrons. The smallest absolute Gasteiger partial charge is 0.411 e. The van der Waals surface area contributed by atoms with Gasteiger partial charge in [0, 0.05) is 49.7 Å². The molecular formula is C46H55N5O6. The summed E-state index contributed by atoms with van der Waals surface area (Å²) in [6.45, 7) is 7.84. The number of para-hydroxylation sites is 1. The molecule has 1 amide bonds. The number of aromatic nitrogens is 1. The fourth-order valence-corrected chi connectivity index (χ4v) is 8.02. The average Bonchev–Trinajstić information content (AvgIpc) is 3.24. The van der Waals surface area contributed by atoms with E-state index in [9.17, 15) is 19.8 Å². The molecule has 5 aromatic rings. The van der Waals surface area contributed by atoms with E-state index in [2.05, 4.69) is 49.7 Å². The Morgan fingerprint density at radius 1 is 0.825 bits per heavy atom. The van der Waals surface area contributed by atoms with Crippen LogP contribution in [0.1, 0.15) is 49.3 Å². The number of benzene rings is 4. The Balaban J connectivity index is 0.730. The zero-order chi connectivity index (χ0) is 39.4. The monoisotopic (exact) mass is 773 g/mol. The van der Waals surface area contributed by atoms with Crippen LogP contribution in [0.3, 0.4) is 0 Å². The van der Waals surface area contributed by atoms with Crippen molar-refractivity contribution in [1.82, 2.24) is 20.1 Å². The maximum absolute atomic E-state index is 12.8. The maximum atomic E-state index is 12.8. The van der Waals surface area contributed by atoms with Gasteiger partial charge in [-0.15, -0.1) is 0 Å². The number of aliphatic hydroxyl groups is 1. The second kappa shape index (κ2) is 19.8. The van der Waals surface area contributed by atoms with E-state index in [-0.39, 0.29) is 17.4 Å². The third-order valence-corrected chi connectivity index (χ3v) is 11.3. The molecular weight excluding hydrogens is 719 g/mol. The van der Waals surface area contributed by atoms with Crippen LogP contribution in [0, 0.1) is 5.92 Å². The van der Waals surface area contributed by atoms with Crippen LogP contribution < -0.4 is 20.9 Å². The molecule has 300 valence electrons. The number of hydrogen-bond acceptors (Lipinski definition) is 9. The van der Waals surface area contributed by atoms with Crippen molar-refractivity contribution >= 4 is 22.7 Å². The van der Waals surface area contributed by atoms with Crippen molar-refractivity contribution in [2.24, 2.45) is 5.92 Å². The van der Waals surface area contributed by atoms with Gasteiger partial charge in [-0.05, 0) is 111 Å². The third-order valence-electron chi connectivity index (χ3n) is 11.3. The first-order chi connectivity index (χ1) is 27.9. The van der Waals surface area contributed by atoms with Gasteiger partial charge in [-0.25, -0.2) is 4.79 Å². The lowest BCUT2D eigenvalue weighted by Gasteiger charge is -2.32. The van der Waals surface area contributed by atoms with E-state index in [1.165, 1.54) is 17.7 Å². The molecule has 2 saturated heterocycles. The van der Waals surface area contributed by atoms with E-state index < -0.39 is 12.2 Å². The Bertz CT molecular complexity index is 2090. The first kappa shape index (κ1) is 40.0.